The van der Waals surface area contributed by atoms with Gasteiger partial charge in [0.25, 0.3) is 5.91 Å². The third-order valence-corrected chi connectivity index (χ3v) is 5.81. The highest BCUT2D eigenvalue weighted by molar-refractivity contribution is 6.11. The van der Waals surface area contributed by atoms with E-state index in [4.69, 9.17) is 4.74 Å². The minimum absolute atomic E-state index is 0.0496. The summed E-state index contributed by atoms with van der Waals surface area (Å²) in [6.07, 6.45) is 0. The van der Waals surface area contributed by atoms with E-state index in [1.165, 1.54) is 9.80 Å². The van der Waals surface area contributed by atoms with E-state index in [1.54, 1.807) is 43.3 Å². The number of methoxy groups -OCH3 is 1. The molecule has 0 unspecified atom stereocenters. The van der Waals surface area contributed by atoms with Crippen LogP contribution in [0.3, 0.4) is 0 Å². The third-order valence-electron chi connectivity index (χ3n) is 5.81. The lowest BCUT2D eigenvalue weighted by molar-refractivity contribution is -0.131. The molecule has 2 aromatic rings. The van der Waals surface area contributed by atoms with Gasteiger partial charge in [-0.3, -0.25) is 14.4 Å². The molecule has 3 amide bonds. The molecule has 2 aliphatic heterocycles. The fourth-order valence-corrected chi connectivity index (χ4v) is 4.01. The van der Waals surface area contributed by atoms with E-state index in [2.05, 4.69) is 4.90 Å². The average molecular weight is 422 g/mol. The van der Waals surface area contributed by atoms with Crippen molar-refractivity contribution in [1.82, 2.24) is 9.80 Å². The molecule has 0 spiro atoms. The standard InChI is InChI=1S/C23H26N4O4/c1-24-15-22(29)27(20-6-4-3-5-19(20)23(24)30)16-21(28)26-13-11-25(12-14-26)17-7-9-18(31-2)10-8-17/h3-10H,11-16H2,1-2H3. The zero-order chi connectivity index (χ0) is 22.0. The minimum Gasteiger partial charge on any atom is -0.497 e. The molecule has 2 aliphatic rings. The van der Waals surface area contributed by atoms with Crippen LogP contribution in [-0.4, -0.2) is 80.9 Å². The number of ether oxygens (including phenoxy) is 1. The summed E-state index contributed by atoms with van der Waals surface area (Å²) in [6, 6.07) is 14.8. The number of hydrogen-bond donors (Lipinski definition) is 0. The first-order chi connectivity index (χ1) is 15.0. The van der Waals surface area contributed by atoms with Crippen molar-refractivity contribution in [2.45, 2.75) is 0 Å². The fourth-order valence-electron chi connectivity index (χ4n) is 4.01. The van der Waals surface area contributed by atoms with Crippen LogP contribution in [0.2, 0.25) is 0 Å². The molecule has 0 aromatic heterocycles. The van der Waals surface area contributed by atoms with E-state index in [0.29, 0.717) is 37.4 Å². The Hall–Kier alpha value is -3.55. The number of nitrogens with zero attached hydrogens (tertiary/aromatic N) is 4. The lowest BCUT2D eigenvalue weighted by Gasteiger charge is -2.37. The number of amides is 3. The van der Waals surface area contributed by atoms with Crippen molar-refractivity contribution >= 4 is 29.1 Å². The SMILES string of the molecule is COc1ccc(N2CCN(C(=O)CN3C(=O)CN(C)C(=O)c4ccccc43)CC2)cc1. The Morgan fingerprint density at radius 3 is 2.32 bits per heavy atom. The molecule has 4 rings (SSSR count). The van der Waals surface area contributed by atoms with Crippen LogP contribution >= 0.6 is 0 Å². The van der Waals surface area contributed by atoms with Gasteiger partial charge in [0.05, 0.1) is 18.4 Å². The van der Waals surface area contributed by atoms with Gasteiger partial charge in [-0.15, -0.1) is 0 Å². The predicted molar refractivity (Wildman–Crippen MR) is 118 cm³/mol. The molecule has 0 aliphatic carbocycles. The highest BCUT2D eigenvalue weighted by Gasteiger charge is 2.32. The summed E-state index contributed by atoms with van der Waals surface area (Å²) in [4.78, 5) is 45.2. The van der Waals surface area contributed by atoms with Crippen molar-refractivity contribution in [2.24, 2.45) is 0 Å². The number of hydrogen-bond acceptors (Lipinski definition) is 5. The van der Waals surface area contributed by atoms with Gasteiger partial charge in [-0.05, 0) is 36.4 Å². The van der Waals surface area contributed by atoms with Crippen LogP contribution in [0.15, 0.2) is 48.5 Å². The monoisotopic (exact) mass is 422 g/mol. The molecule has 2 aromatic carbocycles. The number of rotatable bonds is 4. The van der Waals surface area contributed by atoms with E-state index < -0.39 is 0 Å². The average Bonchev–Trinajstić information content (AvgIpc) is 2.89. The molecule has 8 nitrogen and oxygen atoms in total. The second-order valence-corrected chi connectivity index (χ2v) is 7.72. The van der Waals surface area contributed by atoms with Crippen LogP contribution in [0.5, 0.6) is 5.75 Å². The van der Waals surface area contributed by atoms with Crippen LogP contribution in [-0.2, 0) is 9.59 Å². The number of fused-ring (bicyclic) bond motifs is 1. The predicted octanol–water partition coefficient (Wildman–Crippen LogP) is 1.46. The Morgan fingerprint density at radius 2 is 1.65 bits per heavy atom. The van der Waals surface area contributed by atoms with Crippen molar-refractivity contribution in [3.05, 3.63) is 54.1 Å². The molecule has 31 heavy (non-hydrogen) atoms. The van der Waals surface area contributed by atoms with Crippen molar-refractivity contribution < 1.29 is 19.1 Å². The Balaban J connectivity index is 1.43. The Kier molecular flexibility index (Phi) is 5.79. The maximum Gasteiger partial charge on any atom is 0.256 e. The molecule has 0 saturated carbocycles. The summed E-state index contributed by atoms with van der Waals surface area (Å²) < 4.78 is 5.21. The van der Waals surface area contributed by atoms with Gasteiger partial charge in [-0.2, -0.15) is 0 Å². The minimum atomic E-state index is -0.258. The van der Waals surface area contributed by atoms with Gasteiger partial charge >= 0.3 is 0 Å². The number of para-hydroxylation sites is 1. The molecule has 0 atom stereocenters. The van der Waals surface area contributed by atoms with Crippen LogP contribution in [0.25, 0.3) is 0 Å². The number of carbonyl (C=O) groups is 3. The molecule has 162 valence electrons. The summed E-state index contributed by atoms with van der Waals surface area (Å²) in [6.45, 7) is 2.46. The van der Waals surface area contributed by atoms with E-state index in [9.17, 15) is 14.4 Å². The number of benzene rings is 2. The summed E-state index contributed by atoms with van der Waals surface area (Å²) in [5.74, 6) is 0.219. The molecule has 0 N–H and O–H groups in total. The lowest BCUT2D eigenvalue weighted by atomic mass is 10.1. The van der Waals surface area contributed by atoms with E-state index in [-0.39, 0.29) is 30.8 Å². The molecule has 1 saturated heterocycles. The topological polar surface area (TPSA) is 73.4 Å². The Bertz CT molecular complexity index is 983. The fraction of sp³-hybridized carbons (Fsp3) is 0.348. The van der Waals surface area contributed by atoms with Gasteiger partial charge in [0, 0.05) is 38.9 Å². The first-order valence-corrected chi connectivity index (χ1v) is 10.3. The molecule has 1 fully saturated rings. The van der Waals surface area contributed by atoms with Gasteiger partial charge in [0.1, 0.15) is 18.8 Å². The summed E-state index contributed by atoms with van der Waals surface area (Å²) >= 11 is 0. The van der Waals surface area contributed by atoms with Crippen molar-refractivity contribution in [3.63, 3.8) is 0 Å². The first-order valence-electron chi connectivity index (χ1n) is 10.3. The van der Waals surface area contributed by atoms with E-state index in [0.717, 1.165) is 11.4 Å². The highest BCUT2D eigenvalue weighted by atomic mass is 16.5. The molecule has 0 radical (unpaired) electrons. The van der Waals surface area contributed by atoms with Crippen molar-refractivity contribution in [2.75, 3.05) is 63.2 Å². The molecular formula is C23H26N4O4. The number of piperazine rings is 1. The molecule has 2 heterocycles. The maximum absolute atomic E-state index is 13.0. The second-order valence-electron chi connectivity index (χ2n) is 7.72. The van der Waals surface area contributed by atoms with Gasteiger partial charge in [-0.1, -0.05) is 12.1 Å². The van der Waals surface area contributed by atoms with Crippen LogP contribution in [0, 0.1) is 0 Å². The van der Waals surface area contributed by atoms with Crippen LogP contribution in [0.4, 0.5) is 11.4 Å². The third kappa shape index (κ3) is 4.19. The lowest BCUT2D eigenvalue weighted by Crippen LogP contribution is -2.52. The van der Waals surface area contributed by atoms with Crippen molar-refractivity contribution in [1.29, 1.82) is 0 Å². The smallest absolute Gasteiger partial charge is 0.256 e. The number of likely N-dealkylation sites (N-methyl/N-ethyl adjacent to an activating group) is 1. The number of anilines is 2. The summed E-state index contributed by atoms with van der Waals surface area (Å²) in [5, 5.41) is 0. The van der Waals surface area contributed by atoms with Gasteiger partial charge in [0.2, 0.25) is 11.8 Å². The number of carbonyl (C=O) groups excluding carboxylic acids is 3. The Morgan fingerprint density at radius 1 is 0.968 bits per heavy atom. The van der Waals surface area contributed by atoms with Gasteiger partial charge in [-0.25, -0.2) is 0 Å². The van der Waals surface area contributed by atoms with Crippen molar-refractivity contribution in [3.8, 4) is 5.75 Å². The highest BCUT2D eigenvalue weighted by Crippen LogP contribution is 2.25. The summed E-state index contributed by atoms with van der Waals surface area (Å²) in [7, 11) is 3.24. The molecule has 8 heteroatoms. The second kappa shape index (κ2) is 8.67. The maximum atomic E-state index is 13.0. The molecule has 0 bridgehead atoms. The zero-order valence-corrected chi connectivity index (χ0v) is 17.8. The summed E-state index contributed by atoms with van der Waals surface area (Å²) in [5.41, 5.74) is 2.02. The van der Waals surface area contributed by atoms with E-state index >= 15 is 0 Å². The quantitative estimate of drug-likeness (QED) is 0.746. The van der Waals surface area contributed by atoms with E-state index in [1.807, 2.05) is 24.3 Å². The first kappa shape index (κ1) is 20.7. The van der Waals surface area contributed by atoms with Crippen LogP contribution in [0.1, 0.15) is 10.4 Å². The Labute approximate surface area is 181 Å². The largest absolute Gasteiger partial charge is 0.497 e. The molecular weight excluding hydrogens is 396 g/mol. The zero-order valence-electron chi connectivity index (χ0n) is 17.8. The normalized spacial score (nSPS) is 16.8. The van der Waals surface area contributed by atoms with Gasteiger partial charge < -0.3 is 24.3 Å². The van der Waals surface area contributed by atoms with Gasteiger partial charge in [0.15, 0.2) is 0 Å². The van der Waals surface area contributed by atoms with Crippen LogP contribution < -0.4 is 14.5 Å².